The molecule has 8 nitrogen and oxygen atoms in total. The largest absolute Gasteiger partial charge is 0.376 e. The topological polar surface area (TPSA) is 89.7 Å². The minimum atomic E-state index is -0.00701. The number of ether oxygens (including phenoxy) is 2. The molecule has 1 aromatic heterocycles. The van der Waals surface area contributed by atoms with Crippen molar-refractivity contribution in [2.24, 2.45) is 0 Å². The number of rotatable bonds is 6. The van der Waals surface area contributed by atoms with Crippen molar-refractivity contribution in [1.29, 1.82) is 0 Å². The van der Waals surface area contributed by atoms with Crippen LogP contribution in [-0.2, 0) is 16.1 Å². The summed E-state index contributed by atoms with van der Waals surface area (Å²) in [5, 5.41) is 6.90. The van der Waals surface area contributed by atoms with Crippen LogP contribution in [-0.4, -0.2) is 59.5 Å². The third-order valence-electron chi connectivity index (χ3n) is 4.68. The predicted molar refractivity (Wildman–Crippen MR) is 90.1 cm³/mol. The van der Waals surface area contributed by atoms with E-state index in [1.54, 1.807) is 0 Å². The summed E-state index contributed by atoms with van der Waals surface area (Å²) in [6, 6.07) is -0.00701. The summed E-state index contributed by atoms with van der Waals surface area (Å²) in [4.78, 5) is 18.3. The molecule has 1 aromatic rings. The average molecular weight is 352 g/mol. The van der Waals surface area contributed by atoms with E-state index in [-0.39, 0.29) is 24.2 Å². The van der Waals surface area contributed by atoms with E-state index in [4.69, 9.17) is 14.0 Å². The van der Waals surface area contributed by atoms with E-state index in [1.807, 2.05) is 18.7 Å². The number of likely N-dealkylation sites (tertiary alicyclic amines) is 1. The summed E-state index contributed by atoms with van der Waals surface area (Å²) in [7, 11) is 0. The molecule has 0 aliphatic carbocycles. The molecule has 0 bridgehead atoms. The van der Waals surface area contributed by atoms with E-state index < -0.39 is 0 Å². The second-order valence-corrected chi connectivity index (χ2v) is 7.02. The average Bonchev–Trinajstić information content (AvgIpc) is 3.30. The van der Waals surface area contributed by atoms with Gasteiger partial charge in [-0.1, -0.05) is 19.0 Å². The van der Waals surface area contributed by atoms with Crippen molar-refractivity contribution < 1.29 is 18.8 Å². The van der Waals surface area contributed by atoms with E-state index >= 15 is 0 Å². The molecule has 1 atom stereocenters. The highest BCUT2D eigenvalue weighted by molar-refractivity contribution is 5.74. The molecular formula is C17H28N4O4. The highest BCUT2D eigenvalue weighted by Crippen LogP contribution is 2.17. The molecule has 25 heavy (non-hydrogen) atoms. The number of urea groups is 1. The number of nitrogens with one attached hydrogen (secondary N) is 1. The van der Waals surface area contributed by atoms with Crippen LogP contribution in [0.3, 0.4) is 0 Å². The van der Waals surface area contributed by atoms with Gasteiger partial charge in [0.15, 0.2) is 5.82 Å². The highest BCUT2D eigenvalue weighted by Gasteiger charge is 2.25. The van der Waals surface area contributed by atoms with Gasteiger partial charge in [-0.05, 0) is 25.7 Å². The Labute approximate surface area is 148 Å². The number of aromatic nitrogens is 2. The van der Waals surface area contributed by atoms with Gasteiger partial charge in [0.05, 0.1) is 12.2 Å². The lowest BCUT2D eigenvalue weighted by Gasteiger charge is -2.32. The quantitative estimate of drug-likeness (QED) is 0.843. The van der Waals surface area contributed by atoms with Gasteiger partial charge in [-0.25, -0.2) is 4.79 Å². The minimum Gasteiger partial charge on any atom is -0.376 e. The zero-order valence-corrected chi connectivity index (χ0v) is 15.1. The molecular weight excluding hydrogens is 324 g/mol. The normalized spacial score (nSPS) is 21.9. The number of carbonyl (C=O) groups is 1. The standard InChI is InChI=1S/C17H28N4O4/c1-12(2)16-19-15(25-20-16)11-24-13-5-7-21(8-6-13)17(22)18-10-14-4-3-9-23-14/h12-14H,3-11H2,1-2H3,(H,18,22). The summed E-state index contributed by atoms with van der Waals surface area (Å²) >= 11 is 0. The predicted octanol–water partition coefficient (Wildman–Crippen LogP) is 2.06. The summed E-state index contributed by atoms with van der Waals surface area (Å²) < 4.78 is 16.6. The SMILES string of the molecule is CC(C)c1noc(COC2CCN(C(=O)NCC3CCCO3)CC2)n1. The first-order valence-corrected chi connectivity index (χ1v) is 9.20. The van der Waals surface area contributed by atoms with Gasteiger partial charge in [0.1, 0.15) is 6.61 Å². The number of hydrogen-bond acceptors (Lipinski definition) is 6. The number of amides is 2. The third kappa shape index (κ3) is 5.15. The lowest BCUT2D eigenvalue weighted by atomic mass is 10.1. The van der Waals surface area contributed by atoms with Crippen molar-refractivity contribution in [3.05, 3.63) is 11.7 Å². The minimum absolute atomic E-state index is 0.00701. The first-order chi connectivity index (χ1) is 12.1. The van der Waals surface area contributed by atoms with Crippen molar-refractivity contribution in [3.8, 4) is 0 Å². The van der Waals surface area contributed by atoms with E-state index in [2.05, 4.69) is 15.5 Å². The lowest BCUT2D eigenvalue weighted by Crippen LogP contribution is -2.47. The maximum absolute atomic E-state index is 12.2. The fourth-order valence-corrected chi connectivity index (χ4v) is 3.09. The second kappa shape index (κ2) is 8.62. The molecule has 0 aromatic carbocycles. The Morgan fingerprint density at radius 3 is 2.80 bits per heavy atom. The monoisotopic (exact) mass is 352 g/mol. The van der Waals surface area contributed by atoms with Gasteiger partial charge in [0.2, 0.25) is 0 Å². The fourth-order valence-electron chi connectivity index (χ4n) is 3.09. The molecule has 8 heteroatoms. The molecule has 1 N–H and O–H groups in total. The summed E-state index contributed by atoms with van der Waals surface area (Å²) in [5.41, 5.74) is 0. The van der Waals surface area contributed by atoms with E-state index in [0.29, 0.717) is 38.0 Å². The number of hydrogen-bond donors (Lipinski definition) is 1. The smallest absolute Gasteiger partial charge is 0.317 e. The molecule has 0 spiro atoms. The molecule has 2 saturated heterocycles. The van der Waals surface area contributed by atoms with Gasteiger partial charge in [-0.3, -0.25) is 0 Å². The van der Waals surface area contributed by atoms with Gasteiger partial charge < -0.3 is 24.2 Å². The molecule has 2 aliphatic heterocycles. The van der Waals surface area contributed by atoms with Crippen LogP contribution < -0.4 is 5.32 Å². The van der Waals surface area contributed by atoms with Crippen LogP contribution in [0.4, 0.5) is 4.79 Å². The van der Waals surface area contributed by atoms with E-state index in [0.717, 1.165) is 32.3 Å². The van der Waals surface area contributed by atoms with Crippen LogP contribution in [0.25, 0.3) is 0 Å². The number of carbonyl (C=O) groups excluding carboxylic acids is 1. The number of nitrogens with zero attached hydrogens (tertiary/aromatic N) is 3. The molecule has 0 radical (unpaired) electrons. The van der Waals surface area contributed by atoms with Crippen LogP contribution in [0.1, 0.15) is 57.2 Å². The Balaban J connectivity index is 1.34. The zero-order valence-electron chi connectivity index (χ0n) is 15.1. The van der Waals surface area contributed by atoms with Crippen molar-refractivity contribution in [2.45, 2.75) is 64.3 Å². The Hall–Kier alpha value is -1.67. The maximum atomic E-state index is 12.2. The lowest BCUT2D eigenvalue weighted by molar-refractivity contribution is -0.00632. The second-order valence-electron chi connectivity index (χ2n) is 7.02. The molecule has 3 heterocycles. The van der Waals surface area contributed by atoms with Crippen molar-refractivity contribution in [1.82, 2.24) is 20.4 Å². The van der Waals surface area contributed by atoms with Crippen LogP contribution in [0, 0.1) is 0 Å². The van der Waals surface area contributed by atoms with Crippen LogP contribution in [0.15, 0.2) is 4.52 Å². The zero-order chi connectivity index (χ0) is 17.6. The van der Waals surface area contributed by atoms with Crippen molar-refractivity contribution in [3.63, 3.8) is 0 Å². The first kappa shape index (κ1) is 18.1. The van der Waals surface area contributed by atoms with Gasteiger partial charge in [0.25, 0.3) is 5.89 Å². The Morgan fingerprint density at radius 1 is 1.36 bits per heavy atom. The summed E-state index contributed by atoms with van der Waals surface area (Å²) in [5.74, 6) is 1.46. The van der Waals surface area contributed by atoms with Crippen molar-refractivity contribution >= 4 is 6.03 Å². The molecule has 0 saturated carbocycles. The summed E-state index contributed by atoms with van der Waals surface area (Å²) in [6.07, 6.45) is 4.05. The fraction of sp³-hybridized carbons (Fsp3) is 0.824. The number of piperidine rings is 1. The van der Waals surface area contributed by atoms with Gasteiger partial charge in [-0.15, -0.1) is 0 Å². The third-order valence-corrected chi connectivity index (χ3v) is 4.68. The van der Waals surface area contributed by atoms with Crippen molar-refractivity contribution in [2.75, 3.05) is 26.2 Å². The molecule has 140 valence electrons. The Morgan fingerprint density at radius 2 is 2.16 bits per heavy atom. The van der Waals surface area contributed by atoms with E-state index in [1.165, 1.54) is 0 Å². The van der Waals surface area contributed by atoms with Crippen LogP contribution in [0.5, 0.6) is 0 Å². The van der Waals surface area contributed by atoms with Crippen LogP contribution >= 0.6 is 0 Å². The maximum Gasteiger partial charge on any atom is 0.317 e. The van der Waals surface area contributed by atoms with E-state index in [9.17, 15) is 4.79 Å². The molecule has 3 rings (SSSR count). The first-order valence-electron chi connectivity index (χ1n) is 9.20. The molecule has 1 unspecified atom stereocenters. The Kier molecular flexibility index (Phi) is 6.25. The molecule has 2 fully saturated rings. The van der Waals surface area contributed by atoms with Gasteiger partial charge >= 0.3 is 6.03 Å². The Bertz CT molecular complexity index is 549. The molecule has 2 aliphatic rings. The van der Waals surface area contributed by atoms with Gasteiger partial charge in [-0.2, -0.15) is 4.98 Å². The summed E-state index contributed by atoms with van der Waals surface area (Å²) in [6.45, 7) is 7.18. The van der Waals surface area contributed by atoms with Gasteiger partial charge in [0, 0.05) is 32.2 Å². The highest BCUT2D eigenvalue weighted by atomic mass is 16.5. The molecule has 2 amide bonds. The van der Waals surface area contributed by atoms with Crippen LogP contribution in [0.2, 0.25) is 0 Å².